The number of rotatable bonds is 3. The monoisotopic (exact) mass is 243 g/mol. The molecule has 1 aromatic carbocycles. The third-order valence-electron chi connectivity index (χ3n) is 3.52. The average Bonchev–Trinajstić information content (AvgIpc) is 2.72. The molecule has 0 aliphatic heterocycles. The van der Waals surface area contributed by atoms with Crippen LogP contribution in [0.25, 0.3) is 0 Å². The first-order valence-electron chi connectivity index (χ1n) is 6.03. The van der Waals surface area contributed by atoms with Crippen LogP contribution in [0.5, 0.6) is 0 Å². The maximum atomic E-state index is 13.5. The Bertz CT molecular complexity index is 406. The van der Waals surface area contributed by atoms with E-state index in [1.165, 1.54) is 0 Å². The first kappa shape index (κ1) is 12.3. The van der Waals surface area contributed by atoms with Crippen molar-refractivity contribution in [2.24, 2.45) is 5.92 Å². The number of halogens is 3. The number of hydrogen-bond acceptors (Lipinski definition) is 1. The normalized spacial score (nSPS) is 24.0. The Balaban J connectivity index is 2.18. The SMILES string of the molecule is CCC1CCCC1Nc1cc(F)cc(F)c1F. The third-order valence-corrected chi connectivity index (χ3v) is 3.52. The number of anilines is 1. The summed E-state index contributed by atoms with van der Waals surface area (Å²) in [5.41, 5.74) is -0.0622. The minimum atomic E-state index is -1.14. The molecule has 1 aliphatic rings. The van der Waals surface area contributed by atoms with Gasteiger partial charge >= 0.3 is 0 Å². The second-order valence-corrected chi connectivity index (χ2v) is 4.60. The van der Waals surface area contributed by atoms with Crippen LogP contribution in [0.2, 0.25) is 0 Å². The largest absolute Gasteiger partial charge is 0.379 e. The van der Waals surface area contributed by atoms with Crippen LogP contribution in [0.15, 0.2) is 12.1 Å². The molecular formula is C13H16F3N. The van der Waals surface area contributed by atoms with Crippen LogP contribution in [-0.4, -0.2) is 6.04 Å². The Morgan fingerprint density at radius 1 is 1.24 bits per heavy atom. The predicted octanol–water partition coefficient (Wildman–Crippen LogP) is 4.09. The summed E-state index contributed by atoms with van der Waals surface area (Å²) >= 11 is 0. The van der Waals surface area contributed by atoms with Crippen LogP contribution in [0, 0.1) is 23.4 Å². The summed E-state index contributed by atoms with van der Waals surface area (Å²) < 4.78 is 39.5. The third kappa shape index (κ3) is 2.56. The molecule has 17 heavy (non-hydrogen) atoms. The van der Waals surface area contributed by atoms with E-state index in [0.717, 1.165) is 31.7 Å². The molecule has 4 heteroatoms. The highest BCUT2D eigenvalue weighted by Crippen LogP contribution is 2.32. The molecule has 0 spiro atoms. The highest BCUT2D eigenvalue weighted by Gasteiger charge is 2.26. The molecule has 2 rings (SSSR count). The molecule has 0 radical (unpaired) electrons. The summed E-state index contributed by atoms with van der Waals surface area (Å²) in [5, 5.41) is 2.94. The van der Waals surface area contributed by atoms with Crippen LogP contribution in [-0.2, 0) is 0 Å². The summed E-state index contributed by atoms with van der Waals surface area (Å²) in [4.78, 5) is 0. The standard InChI is InChI=1S/C13H16F3N/c1-2-8-4-3-5-11(8)17-12-7-9(14)6-10(15)13(12)16/h6-8,11,17H,2-5H2,1H3. The molecule has 1 aromatic rings. The fourth-order valence-corrected chi connectivity index (χ4v) is 2.58. The zero-order valence-corrected chi connectivity index (χ0v) is 9.77. The highest BCUT2D eigenvalue weighted by atomic mass is 19.2. The fraction of sp³-hybridized carbons (Fsp3) is 0.538. The first-order chi connectivity index (χ1) is 8.11. The molecule has 0 saturated heterocycles. The molecule has 0 amide bonds. The lowest BCUT2D eigenvalue weighted by molar-refractivity contribution is 0.474. The molecule has 2 atom stereocenters. The van der Waals surface area contributed by atoms with Gasteiger partial charge in [0.1, 0.15) is 5.82 Å². The van der Waals surface area contributed by atoms with Gasteiger partial charge in [0, 0.05) is 18.2 Å². The molecule has 2 unspecified atom stereocenters. The molecule has 1 nitrogen and oxygen atoms in total. The second-order valence-electron chi connectivity index (χ2n) is 4.60. The van der Waals surface area contributed by atoms with Crippen LogP contribution < -0.4 is 5.32 Å². The number of hydrogen-bond donors (Lipinski definition) is 1. The molecule has 0 aromatic heterocycles. The average molecular weight is 243 g/mol. The lowest BCUT2D eigenvalue weighted by Gasteiger charge is -2.21. The highest BCUT2D eigenvalue weighted by molar-refractivity contribution is 5.46. The fourth-order valence-electron chi connectivity index (χ4n) is 2.58. The van der Waals surface area contributed by atoms with Crippen molar-refractivity contribution in [2.45, 2.75) is 38.6 Å². The van der Waals surface area contributed by atoms with E-state index in [1.807, 2.05) is 0 Å². The van der Waals surface area contributed by atoms with E-state index >= 15 is 0 Å². The van der Waals surface area contributed by atoms with Gasteiger partial charge in [-0.15, -0.1) is 0 Å². The van der Waals surface area contributed by atoms with Crippen molar-refractivity contribution in [3.63, 3.8) is 0 Å². The lowest BCUT2D eigenvalue weighted by atomic mass is 10.0. The molecule has 1 fully saturated rings. The summed E-state index contributed by atoms with van der Waals surface area (Å²) in [6, 6.07) is 1.70. The summed E-state index contributed by atoms with van der Waals surface area (Å²) in [7, 11) is 0. The van der Waals surface area contributed by atoms with E-state index in [1.54, 1.807) is 0 Å². The zero-order chi connectivity index (χ0) is 12.4. The van der Waals surface area contributed by atoms with E-state index in [-0.39, 0.29) is 11.7 Å². The Morgan fingerprint density at radius 3 is 2.71 bits per heavy atom. The van der Waals surface area contributed by atoms with Gasteiger partial charge in [-0.2, -0.15) is 0 Å². The summed E-state index contributed by atoms with van der Waals surface area (Å²) in [6.07, 6.45) is 4.09. The molecule has 1 saturated carbocycles. The maximum Gasteiger partial charge on any atom is 0.182 e. The van der Waals surface area contributed by atoms with Crippen molar-refractivity contribution in [2.75, 3.05) is 5.32 Å². The molecule has 1 aliphatic carbocycles. The van der Waals surface area contributed by atoms with E-state index < -0.39 is 17.5 Å². The Hall–Kier alpha value is -1.19. The summed E-state index contributed by atoms with van der Waals surface area (Å²) in [6.45, 7) is 2.08. The van der Waals surface area contributed by atoms with Crippen molar-refractivity contribution >= 4 is 5.69 Å². The minimum Gasteiger partial charge on any atom is -0.379 e. The number of nitrogens with one attached hydrogen (secondary N) is 1. The van der Waals surface area contributed by atoms with Gasteiger partial charge in [-0.25, -0.2) is 13.2 Å². The van der Waals surface area contributed by atoms with Gasteiger partial charge in [0.05, 0.1) is 5.69 Å². The van der Waals surface area contributed by atoms with Gasteiger partial charge in [0.15, 0.2) is 11.6 Å². The zero-order valence-electron chi connectivity index (χ0n) is 9.77. The predicted molar refractivity (Wildman–Crippen MR) is 61.4 cm³/mol. The van der Waals surface area contributed by atoms with Gasteiger partial charge in [-0.1, -0.05) is 19.8 Å². The molecule has 0 heterocycles. The Labute approximate surface area is 99.0 Å². The van der Waals surface area contributed by atoms with Crippen molar-refractivity contribution in [1.29, 1.82) is 0 Å². The number of benzene rings is 1. The minimum absolute atomic E-state index is 0.0622. The maximum absolute atomic E-state index is 13.5. The molecule has 1 N–H and O–H groups in total. The topological polar surface area (TPSA) is 12.0 Å². The Morgan fingerprint density at radius 2 is 2.00 bits per heavy atom. The van der Waals surface area contributed by atoms with Crippen molar-refractivity contribution < 1.29 is 13.2 Å². The van der Waals surface area contributed by atoms with E-state index in [4.69, 9.17) is 0 Å². The smallest absolute Gasteiger partial charge is 0.182 e. The lowest BCUT2D eigenvalue weighted by Crippen LogP contribution is -2.24. The van der Waals surface area contributed by atoms with E-state index in [0.29, 0.717) is 12.0 Å². The van der Waals surface area contributed by atoms with Gasteiger partial charge < -0.3 is 5.32 Å². The van der Waals surface area contributed by atoms with Gasteiger partial charge in [-0.05, 0) is 18.8 Å². The van der Waals surface area contributed by atoms with Gasteiger partial charge in [0.25, 0.3) is 0 Å². The van der Waals surface area contributed by atoms with Crippen LogP contribution in [0.4, 0.5) is 18.9 Å². The van der Waals surface area contributed by atoms with Crippen LogP contribution in [0.1, 0.15) is 32.6 Å². The quantitative estimate of drug-likeness (QED) is 0.788. The van der Waals surface area contributed by atoms with Crippen molar-refractivity contribution in [1.82, 2.24) is 0 Å². The first-order valence-corrected chi connectivity index (χ1v) is 6.03. The van der Waals surface area contributed by atoms with E-state index in [2.05, 4.69) is 12.2 Å². The van der Waals surface area contributed by atoms with E-state index in [9.17, 15) is 13.2 Å². The molecular weight excluding hydrogens is 227 g/mol. The molecule has 0 bridgehead atoms. The molecule has 94 valence electrons. The van der Waals surface area contributed by atoms with Crippen molar-refractivity contribution in [3.8, 4) is 0 Å². The van der Waals surface area contributed by atoms with Crippen LogP contribution >= 0.6 is 0 Å². The van der Waals surface area contributed by atoms with Gasteiger partial charge in [-0.3, -0.25) is 0 Å². The Kier molecular flexibility index (Phi) is 3.60. The van der Waals surface area contributed by atoms with Crippen molar-refractivity contribution in [3.05, 3.63) is 29.6 Å². The second kappa shape index (κ2) is 4.98. The van der Waals surface area contributed by atoms with Gasteiger partial charge in [0.2, 0.25) is 0 Å². The van der Waals surface area contributed by atoms with Crippen LogP contribution in [0.3, 0.4) is 0 Å². The summed E-state index contributed by atoms with van der Waals surface area (Å²) in [5.74, 6) is -2.43.